The minimum Gasteiger partial charge on any atom is -0.468 e. The number of benzene rings is 1. The zero-order valence-electron chi connectivity index (χ0n) is 14.5. The zero-order valence-corrected chi connectivity index (χ0v) is 14.5. The second-order valence-electron chi connectivity index (χ2n) is 6.42. The third kappa shape index (κ3) is 4.79. The fourth-order valence-corrected chi connectivity index (χ4v) is 3.63. The summed E-state index contributed by atoms with van der Waals surface area (Å²) in [5.74, 6) is 0.193. The highest BCUT2D eigenvalue weighted by Crippen LogP contribution is 2.29. The predicted octanol–water partition coefficient (Wildman–Crippen LogP) is 3.47. The van der Waals surface area contributed by atoms with Crippen LogP contribution >= 0.6 is 0 Å². The monoisotopic (exact) mass is 319 g/mol. The van der Waals surface area contributed by atoms with Crippen molar-refractivity contribution >= 4 is 5.97 Å². The number of rotatable bonds is 7. The van der Waals surface area contributed by atoms with Crippen LogP contribution in [0.2, 0.25) is 0 Å². The summed E-state index contributed by atoms with van der Waals surface area (Å²) >= 11 is 0. The van der Waals surface area contributed by atoms with Gasteiger partial charge in [0.2, 0.25) is 0 Å². The molecule has 0 heterocycles. The highest BCUT2D eigenvalue weighted by atomic mass is 16.5. The Kier molecular flexibility index (Phi) is 7.06. The molecule has 23 heavy (non-hydrogen) atoms. The molecule has 4 heteroatoms. The van der Waals surface area contributed by atoms with Gasteiger partial charge >= 0.3 is 5.97 Å². The molecule has 1 aromatic rings. The summed E-state index contributed by atoms with van der Waals surface area (Å²) in [6, 6.07) is 9.89. The molecule has 128 valence electrons. The smallest absolute Gasteiger partial charge is 0.323 e. The first-order valence-corrected chi connectivity index (χ1v) is 8.59. The predicted molar refractivity (Wildman–Crippen MR) is 91.2 cm³/mol. The molecule has 3 atom stereocenters. The van der Waals surface area contributed by atoms with E-state index in [2.05, 4.69) is 24.4 Å². The molecule has 0 aromatic heterocycles. The second-order valence-corrected chi connectivity index (χ2v) is 6.42. The molecule has 0 amide bonds. The standard InChI is InChI=1S/C19H29NO3/c1-14(18(22-2)16-12-8-5-9-13-16)20-17(19(21)23-3)15-10-6-4-7-11-15/h5,8-9,12-15,17-18,20H,4,6-7,10-11H2,1-3H3/t14-,17+,18-/m1/s1. The van der Waals surface area contributed by atoms with Gasteiger partial charge < -0.3 is 9.47 Å². The highest BCUT2D eigenvalue weighted by Gasteiger charge is 2.33. The van der Waals surface area contributed by atoms with Crippen molar-refractivity contribution in [1.82, 2.24) is 5.32 Å². The van der Waals surface area contributed by atoms with Crippen LogP contribution in [-0.4, -0.2) is 32.3 Å². The first-order valence-electron chi connectivity index (χ1n) is 8.59. The van der Waals surface area contributed by atoms with Gasteiger partial charge in [0, 0.05) is 13.2 Å². The maximum absolute atomic E-state index is 12.3. The largest absolute Gasteiger partial charge is 0.468 e. The molecule has 0 bridgehead atoms. The van der Waals surface area contributed by atoms with E-state index in [1.165, 1.54) is 26.4 Å². The van der Waals surface area contributed by atoms with E-state index >= 15 is 0 Å². The molecule has 1 saturated carbocycles. The van der Waals surface area contributed by atoms with Crippen molar-refractivity contribution in [2.24, 2.45) is 5.92 Å². The third-order valence-electron chi connectivity index (χ3n) is 4.85. The van der Waals surface area contributed by atoms with Gasteiger partial charge in [-0.15, -0.1) is 0 Å². The first kappa shape index (κ1) is 18.0. The van der Waals surface area contributed by atoms with Crippen LogP contribution < -0.4 is 5.32 Å². The molecule has 0 radical (unpaired) electrons. The number of ether oxygens (including phenoxy) is 2. The molecule has 1 fully saturated rings. The number of hydrogen-bond donors (Lipinski definition) is 1. The van der Waals surface area contributed by atoms with Crippen LogP contribution in [0.3, 0.4) is 0 Å². The van der Waals surface area contributed by atoms with Gasteiger partial charge in [-0.2, -0.15) is 0 Å². The Morgan fingerprint density at radius 2 is 1.78 bits per heavy atom. The molecular weight excluding hydrogens is 290 g/mol. The second kappa shape index (κ2) is 9.04. The molecule has 2 rings (SSSR count). The van der Waals surface area contributed by atoms with Crippen molar-refractivity contribution in [2.75, 3.05) is 14.2 Å². The maximum Gasteiger partial charge on any atom is 0.323 e. The molecule has 1 aliphatic carbocycles. The van der Waals surface area contributed by atoms with E-state index in [1.54, 1.807) is 7.11 Å². The molecule has 0 saturated heterocycles. The lowest BCUT2D eigenvalue weighted by molar-refractivity contribution is -0.145. The summed E-state index contributed by atoms with van der Waals surface area (Å²) in [5, 5.41) is 3.49. The van der Waals surface area contributed by atoms with Crippen LogP contribution in [0, 0.1) is 5.92 Å². The van der Waals surface area contributed by atoms with E-state index < -0.39 is 0 Å². The van der Waals surface area contributed by atoms with Crippen molar-refractivity contribution in [1.29, 1.82) is 0 Å². The minimum atomic E-state index is -0.253. The van der Waals surface area contributed by atoms with E-state index in [4.69, 9.17) is 9.47 Å². The number of methoxy groups -OCH3 is 2. The van der Waals surface area contributed by atoms with E-state index in [0.717, 1.165) is 18.4 Å². The summed E-state index contributed by atoms with van der Waals surface area (Å²) in [7, 11) is 3.18. The quantitative estimate of drug-likeness (QED) is 0.782. The summed E-state index contributed by atoms with van der Waals surface area (Å²) in [4.78, 5) is 12.3. The van der Waals surface area contributed by atoms with Gasteiger partial charge in [0.1, 0.15) is 6.04 Å². The highest BCUT2D eigenvalue weighted by molar-refractivity contribution is 5.76. The normalized spacial score (nSPS) is 19.8. The Balaban J connectivity index is 2.09. The molecule has 4 nitrogen and oxygen atoms in total. The fraction of sp³-hybridized carbons (Fsp3) is 0.632. The Bertz CT molecular complexity index is 471. The van der Waals surface area contributed by atoms with Gasteiger partial charge in [-0.25, -0.2) is 0 Å². The van der Waals surface area contributed by atoms with Crippen molar-refractivity contribution in [2.45, 2.75) is 57.2 Å². The Hall–Kier alpha value is -1.39. The van der Waals surface area contributed by atoms with Gasteiger partial charge in [-0.1, -0.05) is 49.6 Å². The lowest BCUT2D eigenvalue weighted by Gasteiger charge is -2.33. The van der Waals surface area contributed by atoms with Gasteiger partial charge in [-0.05, 0) is 31.2 Å². The first-order chi connectivity index (χ1) is 11.2. The molecule has 1 aromatic carbocycles. The van der Waals surface area contributed by atoms with Gasteiger partial charge in [-0.3, -0.25) is 10.1 Å². The van der Waals surface area contributed by atoms with E-state index in [-0.39, 0.29) is 24.2 Å². The third-order valence-corrected chi connectivity index (χ3v) is 4.85. The van der Waals surface area contributed by atoms with Gasteiger partial charge in [0.05, 0.1) is 13.2 Å². The van der Waals surface area contributed by atoms with Crippen LogP contribution in [0.4, 0.5) is 0 Å². The lowest BCUT2D eigenvalue weighted by atomic mass is 9.83. The van der Waals surface area contributed by atoms with E-state index in [1.807, 2.05) is 18.2 Å². The molecular formula is C19H29NO3. The van der Waals surface area contributed by atoms with Crippen LogP contribution in [-0.2, 0) is 14.3 Å². The zero-order chi connectivity index (χ0) is 16.7. The van der Waals surface area contributed by atoms with E-state index in [9.17, 15) is 4.79 Å². The SMILES string of the molecule is COC(=O)[C@@H](N[C@H](C)[C@@H](OC)c1ccccc1)C1CCCCC1. The van der Waals surface area contributed by atoms with Crippen LogP contribution in [0.1, 0.15) is 50.7 Å². The topological polar surface area (TPSA) is 47.6 Å². The lowest BCUT2D eigenvalue weighted by Crippen LogP contribution is -2.50. The average molecular weight is 319 g/mol. The Morgan fingerprint density at radius 3 is 2.35 bits per heavy atom. The summed E-state index contributed by atoms with van der Waals surface area (Å²) in [5.41, 5.74) is 1.11. The summed E-state index contributed by atoms with van der Waals surface area (Å²) in [6.07, 6.45) is 5.74. The number of carbonyl (C=O) groups is 1. The molecule has 0 unspecified atom stereocenters. The van der Waals surface area contributed by atoms with Crippen molar-refractivity contribution in [3.63, 3.8) is 0 Å². The summed E-state index contributed by atoms with van der Waals surface area (Å²) < 4.78 is 10.7. The van der Waals surface area contributed by atoms with Crippen LogP contribution in [0.15, 0.2) is 30.3 Å². The summed E-state index contributed by atoms with van der Waals surface area (Å²) in [6.45, 7) is 2.07. The maximum atomic E-state index is 12.3. The molecule has 1 N–H and O–H groups in total. The number of hydrogen-bond acceptors (Lipinski definition) is 4. The number of nitrogens with one attached hydrogen (secondary N) is 1. The van der Waals surface area contributed by atoms with E-state index in [0.29, 0.717) is 5.92 Å². The number of esters is 1. The van der Waals surface area contributed by atoms with Crippen LogP contribution in [0.25, 0.3) is 0 Å². The molecule has 0 spiro atoms. The fourth-order valence-electron chi connectivity index (χ4n) is 3.63. The van der Waals surface area contributed by atoms with Crippen molar-refractivity contribution in [3.05, 3.63) is 35.9 Å². The Morgan fingerprint density at radius 1 is 1.13 bits per heavy atom. The van der Waals surface area contributed by atoms with Gasteiger partial charge in [0.15, 0.2) is 0 Å². The minimum absolute atomic E-state index is 0.0217. The van der Waals surface area contributed by atoms with Crippen LogP contribution in [0.5, 0.6) is 0 Å². The van der Waals surface area contributed by atoms with Crippen molar-refractivity contribution < 1.29 is 14.3 Å². The average Bonchev–Trinajstić information content (AvgIpc) is 2.61. The Labute approximate surface area is 139 Å². The molecule has 1 aliphatic rings. The number of carbonyl (C=O) groups excluding carboxylic acids is 1. The van der Waals surface area contributed by atoms with Crippen molar-refractivity contribution in [3.8, 4) is 0 Å². The van der Waals surface area contributed by atoms with Gasteiger partial charge in [0.25, 0.3) is 0 Å². The molecule has 0 aliphatic heterocycles.